The molecule has 0 bridgehead atoms. The van der Waals surface area contributed by atoms with E-state index in [1.54, 1.807) is 12.1 Å². The van der Waals surface area contributed by atoms with Crippen molar-refractivity contribution in [3.63, 3.8) is 0 Å². The molecule has 1 aromatic carbocycles. The quantitative estimate of drug-likeness (QED) is 0.505. The number of hydrogen-bond donors (Lipinski definition) is 3. The highest BCUT2D eigenvalue weighted by Crippen LogP contribution is 2.40. The Bertz CT molecular complexity index is 617. The molecule has 25 heavy (non-hydrogen) atoms. The van der Waals surface area contributed by atoms with E-state index in [1.807, 2.05) is 19.1 Å². The Labute approximate surface area is 149 Å². The SMILES string of the molecule is CCCCCN(C(=O)Nc1ccc(C2CCCN2C)cc1)P(=O)(O)O. The average Bonchev–Trinajstić information content (AvgIpc) is 2.97. The predicted molar refractivity (Wildman–Crippen MR) is 98.3 cm³/mol. The van der Waals surface area contributed by atoms with Gasteiger partial charge in [-0.25, -0.2) is 14.0 Å². The number of rotatable bonds is 7. The highest BCUT2D eigenvalue weighted by atomic mass is 31.2. The van der Waals surface area contributed by atoms with Gasteiger partial charge in [-0.15, -0.1) is 0 Å². The van der Waals surface area contributed by atoms with Crippen LogP contribution in [0.15, 0.2) is 24.3 Å². The van der Waals surface area contributed by atoms with Crippen LogP contribution in [0, 0.1) is 0 Å². The third-order valence-corrected chi connectivity index (χ3v) is 5.60. The van der Waals surface area contributed by atoms with Gasteiger partial charge in [0.15, 0.2) is 0 Å². The van der Waals surface area contributed by atoms with E-state index < -0.39 is 13.8 Å². The summed E-state index contributed by atoms with van der Waals surface area (Å²) in [5.74, 6) is 0. The van der Waals surface area contributed by atoms with Crippen molar-refractivity contribution in [2.24, 2.45) is 0 Å². The minimum absolute atomic E-state index is 0.0366. The Morgan fingerprint density at radius 3 is 2.52 bits per heavy atom. The van der Waals surface area contributed by atoms with Crippen molar-refractivity contribution in [1.82, 2.24) is 9.57 Å². The molecule has 1 aromatic rings. The molecule has 3 N–H and O–H groups in total. The lowest BCUT2D eigenvalue weighted by atomic mass is 10.0. The summed E-state index contributed by atoms with van der Waals surface area (Å²) in [6.45, 7) is 3.11. The maximum absolute atomic E-state index is 12.3. The smallest absolute Gasteiger partial charge is 0.308 e. The van der Waals surface area contributed by atoms with Crippen molar-refractivity contribution in [2.75, 3.05) is 25.5 Å². The van der Waals surface area contributed by atoms with Crippen LogP contribution in [0.2, 0.25) is 0 Å². The third kappa shape index (κ3) is 5.54. The Morgan fingerprint density at radius 2 is 2.00 bits per heavy atom. The molecule has 1 atom stereocenters. The zero-order valence-corrected chi connectivity index (χ0v) is 15.8. The van der Waals surface area contributed by atoms with Gasteiger partial charge >= 0.3 is 13.8 Å². The van der Waals surface area contributed by atoms with E-state index in [0.29, 0.717) is 22.8 Å². The van der Waals surface area contributed by atoms with E-state index in [9.17, 15) is 19.1 Å². The summed E-state index contributed by atoms with van der Waals surface area (Å²) in [7, 11) is -2.53. The van der Waals surface area contributed by atoms with Crippen molar-refractivity contribution >= 4 is 19.5 Å². The maximum atomic E-state index is 12.3. The van der Waals surface area contributed by atoms with Gasteiger partial charge in [0.2, 0.25) is 0 Å². The van der Waals surface area contributed by atoms with Crippen LogP contribution in [0.4, 0.5) is 10.5 Å². The van der Waals surface area contributed by atoms with Gasteiger partial charge < -0.3 is 15.1 Å². The van der Waals surface area contributed by atoms with E-state index >= 15 is 0 Å². The fraction of sp³-hybridized carbons (Fsp3) is 0.588. The van der Waals surface area contributed by atoms with E-state index in [4.69, 9.17) is 0 Å². The van der Waals surface area contributed by atoms with Gasteiger partial charge in [0.25, 0.3) is 0 Å². The lowest BCUT2D eigenvalue weighted by Gasteiger charge is -2.24. The molecule has 0 aromatic heterocycles. The van der Waals surface area contributed by atoms with Crippen molar-refractivity contribution in [3.8, 4) is 0 Å². The van der Waals surface area contributed by atoms with Gasteiger partial charge in [-0.05, 0) is 50.6 Å². The number of urea groups is 1. The molecule has 0 spiro atoms. The zero-order chi connectivity index (χ0) is 18.4. The minimum atomic E-state index is -4.63. The van der Waals surface area contributed by atoms with Gasteiger partial charge in [0, 0.05) is 18.3 Å². The first-order valence-corrected chi connectivity index (χ1v) is 10.3. The Kier molecular flexibility index (Phi) is 7.02. The van der Waals surface area contributed by atoms with Crippen LogP contribution >= 0.6 is 7.75 Å². The fourth-order valence-electron chi connectivity index (χ4n) is 3.17. The number of hydrogen-bond acceptors (Lipinski definition) is 3. The molecule has 7 nitrogen and oxygen atoms in total. The van der Waals surface area contributed by atoms with Crippen molar-refractivity contribution in [3.05, 3.63) is 29.8 Å². The van der Waals surface area contributed by atoms with Crippen molar-refractivity contribution in [2.45, 2.75) is 45.1 Å². The standard InChI is InChI=1S/C17H28N3O4P/c1-3-4-5-13-20(25(22,23)24)17(21)18-15-10-8-14(9-11-15)16-7-6-12-19(16)2/h8-11,16H,3-7,12-13H2,1-2H3,(H,18,21)(H2,22,23,24). The Hall–Kier alpha value is -1.40. The minimum Gasteiger partial charge on any atom is -0.308 e. The molecule has 1 aliphatic heterocycles. The molecular weight excluding hydrogens is 341 g/mol. The summed E-state index contributed by atoms with van der Waals surface area (Å²) in [6, 6.07) is 7.11. The summed E-state index contributed by atoms with van der Waals surface area (Å²) in [5, 5.41) is 2.59. The lowest BCUT2D eigenvalue weighted by molar-refractivity contribution is 0.219. The molecule has 2 rings (SSSR count). The number of nitrogens with zero attached hydrogens (tertiary/aromatic N) is 2. The Morgan fingerprint density at radius 1 is 1.32 bits per heavy atom. The number of nitrogens with one attached hydrogen (secondary N) is 1. The lowest BCUT2D eigenvalue weighted by Crippen LogP contribution is -2.33. The number of unbranched alkanes of at least 4 members (excludes halogenated alkanes) is 2. The van der Waals surface area contributed by atoms with Crippen molar-refractivity contribution < 1.29 is 19.1 Å². The van der Waals surface area contributed by atoms with Crippen LogP contribution in [0.3, 0.4) is 0 Å². The summed E-state index contributed by atoms with van der Waals surface area (Å²) in [4.78, 5) is 33.4. The normalized spacial score (nSPS) is 18.3. The maximum Gasteiger partial charge on any atom is 0.433 e. The number of carbonyl (C=O) groups excluding carboxylic acids is 1. The zero-order valence-electron chi connectivity index (χ0n) is 14.9. The van der Waals surface area contributed by atoms with Gasteiger partial charge in [-0.2, -0.15) is 0 Å². The first kappa shape index (κ1) is 19.9. The summed E-state index contributed by atoms with van der Waals surface area (Å²) < 4.78 is 12.2. The van der Waals surface area contributed by atoms with Gasteiger partial charge in [0.1, 0.15) is 0 Å². The summed E-state index contributed by atoms with van der Waals surface area (Å²) in [6.07, 6.45) is 4.57. The highest BCUT2D eigenvalue weighted by molar-refractivity contribution is 7.50. The molecule has 0 aliphatic carbocycles. The van der Waals surface area contributed by atoms with Gasteiger partial charge in [-0.1, -0.05) is 31.9 Å². The molecule has 140 valence electrons. The van der Waals surface area contributed by atoms with E-state index in [2.05, 4.69) is 17.3 Å². The molecular formula is C17H28N3O4P. The molecule has 1 fully saturated rings. The van der Waals surface area contributed by atoms with Crippen LogP contribution in [-0.2, 0) is 4.57 Å². The monoisotopic (exact) mass is 369 g/mol. The highest BCUT2D eigenvalue weighted by Gasteiger charge is 2.30. The number of benzene rings is 1. The van der Waals surface area contributed by atoms with E-state index in [-0.39, 0.29) is 6.54 Å². The second-order valence-electron chi connectivity index (χ2n) is 6.53. The summed E-state index contributed by atoms with van der Waals surface area (Å²) in [5.41, 5.74) is 1.72. The number of carbonyl (C=O) groups is 1. The number of amides is 2. The average molecular weight is 369 g/mol. The molecule has 0 saturated carbocycles. The first-order valence-electron chi connectivity index (χ1n) is 8.77. The van der Waals surface area contributed by atoms with Crippen LogP contribution in [-0.4, -0.2) is 45.5 Å². The van der Waals surface area contributed by atoms with E-state index in [0.717, 1.165) is 25.8 Å². The van der Waals surface area contributed by atoms with Gasteiger partial charge in [0.05, 0.1) is 0 Å². The summed E-state index contributed by atoms with van der Waals surface area (Å²) >= 11 is 0. The molecule has 0 radical (unpaired) electrons. The molecule has 1 heterocycles. The van der Waals surface area contributed by atoms with Crippen LogP contribution in [0.5, 0.6) is 0 Å². The van der Waals surface area contributed by atoms with Gasteiger partial charge in [-0.3, -0.25) is 4.90 Å². The largest absolute Gasteiger partial charge is 0.433 e. The second-order valence-corrected chi connectivity index (χ2v) is 8.04. The topological polar surface area (TPSA) is 93.1 Å². The van der Waals surface area contributed by atoms with E-state index in [1.165, 1.54) is 12.0 Å². The first-order chi connectivity index (χ1) is 11.8. The second kappa shape index (κ2) is 8.81. The number of likely N-dealkylation sites (tertiary alicyclic amines) is 1. The molecule has 1 aliphatic rings. The van der Waals surface area contributed by atoms with Crippen LogP contribution in [0.1, 0.15) is 50.6 Å². The van der Waals surface area contributed by atoms with Crippen molar-refractivity contribution in [1.29, 1.82) is 0 Å². The number of anilines is 1. The molecule has 8 heteroatoms. The molecule has 1 unspecified atom stereocenters. The molecule has 2 amide bonds. The predicted octanol–water partition coefficient (Wildman–Crippen LogP) is 3.57. The molecule has 1 saturated heterocycles. The fourth-order valence-corrected chi connectivity index (χ4v) is 3.86. The third-order valence-electron chi connectivity index (χ3n) is 4.59. The Balaban J connectivity index is 2.01. The van der Waals surface area contributed by atoms with Crippen LogP contribution < -0.4 is 5.32 Å². The van der Waals surface area contributed by atoms with Crippen LogP contribution in [0.25, 0.3) is 0 Å².